The highest BCUT2D eigenvalue weighted by atomic mass is 127. The first kappa shape index (κ1) is 15.3. The maximum absolute atomic E-state index is 11.4. The highest BCUT2D eigenvalue weighted by Crippen LogP contribution is 2.06. The average Bonchev–Trinajstić information content (AvgIpc) is 2.27. The topological polar surface area (TPSA) is 39.2 Å². The van der Waals surface area contributed by atoms with E-state index in [9.17, 15) is 4.79 Å². The van der Waals surface area contributed by atoms with E-state index in [0.717, 1.165) is 25.0 Å². The van der Waals surface area contributed by atoms with Crippen LogP contribution in [0.4, 0.5) is 0 Å². The van der Waals surface area contributed by atoms with Gasteiger partial charge in [0.2, 0.25) is 0 Å². The van der Waals surface area contributed by atoms with E-state index in [1.807, 2.05) is 6.07 Å². The Morgan fingerprint density at radius 1 is 1.44 bits per heavy atom. The number of halogens is 1. The molecule has 90 valence electrons. The Hall–Kier alpha value is -0.650. The molecule has 0 atom stereocenters. The van der Waals surface area contributed by atoms with Gasteiger partial charge >= 0.3 is 5.97 Å². The van der Waals surface area contributed by atoms with Crippen LogP contribution in [0.15, 0.2) is 18.3 Å². The molecule has 0 aliphatic carbocycles. The molecule has 1 aromatic heterocycles. The van der Waals surface area contributed by atoms with Gasteiger partial charge in [0.1, 0.15) is 0 Å². The van der Waals surface area contributed by atoms with Gasteiger partial charge in [-0.1, -0.05) is 13.3 Å². The highest BCUT2D eigenvalue weighted by molar-refractivity contribution is 14.0. The Balaban J connectivity index is 0.00000225. The van der Waals surface area contributed by atoms with Crippen molar-refractivity contribution >= 4 is 29.9 Å². The number of hydrogen-bond acceptors (Lipinski definition) is 3. The van der Waals surface area contributed by atoms with Crippen molar-refractivity contribution in [1.29, 1.82) is 0 Å². The minimum absolute atomic E-state index is 0. The van der Waals surface area contributed by atoms with Crippen molar-refractivity contribution in [3.05, 3.63) is 29.6 Å². The summed E-state index contributed by atoms with van der Waals surface area (Å²) in [6.45, 7) is 4.34. The number of carbonyl (C=O) groups excluding carboxylic acids is 1. The Kier molecular flexibility index (Phi) is 8.15. The fraction of sp³-hybridized carbons (Fsp3) is 0.500. The number of hydrogen-bond donors (Lipinski definition) is 0. The van der Waals surface area contributed by atoms with Gasteiger partial charge in [0, 0.05) is 11.9 Å². The van der Waals surface area contributed by atoms with E-state index in [1.165, 1.54) is 0 Å². The third-order valence-electron chi connectivity index (χ3n) is 2.11. The number of carbonyl (C=O) groups is 1. The number of aromatic nitrogens is 1. The van der Waals surface area contributed by atoms with E-state index >= 15 is 0 Å². The van der Waals surface area contributed by atoms with E-state index in [1.54, 1.807) is 19.2 Å². The van der Waals surface area contributed by atoms with Crippen LogP contribution in [-0.4, -0.2) is 17.6 Å². The van der Waals surface area contributed by atoms with Gasteiger partial charge in [-0.05, 0) is 31.9 Å². The number of nitrogens with zero attached hydrogens (tertiary/aromatic N) is 1. The SMILES string of the molecule is CCCCc1cc(C(=O)OCC)ccn1.I. The Morgan fingerprint density at radius 2 is 2.19 bits per heavy atom. The molecule has 0 saturated carbocycles. The van der Waals surface area contributed by atoms with Gasteiger partial charge in [-0.15, -0.1) is 24.0 Å². The lowest BCUT2D eigenvalue weighted by Crippen LogP contribution is -2.05. The second-order valence-corrected chi connectivity index (χ2v) is 3.36. The van der Waals surface area contributed by atoms with E-state index in [-0.39, 0.29) is 29.9 Å². The zero-order valence-corrected chi connectivity index (χ0v) is 12.1. The molecule has 0 aliphatic rings. The van der Waals surface area contributed by atoms with Crippen molar-refractivity contribution in [2.75, 3.05) is 6.61 Å². The molecule has 1 heterocycles. The van der Waals surface area contributed by atoms with Gasteiger partial charge in [0.25, 0.3) is 0 Å². The molecule has 0 bridgehead atoms. The summed E-state index contributed by atoms with van der Waals surface area (Å²) < 4.78 is 4.92. The zero-order valence-electron chi connectivity index (χ0n) is 9.73. The highest BCUT2D eigenvalue weighted by Gasteiger charge is 2.06. The summed E-state index contributed by atoms with van der Waals surface area (Å²) >= 11 is 0. The van der Waals surface area contributed by atoms with Crippen LogP contribution < -0.4 is 0 Å². The smallest absolute Gasteiger partial charge is 0.338 e. The second kappa shape index (κ2) is 8.50. The minimum Gasteiger partial charge on any atom is -0.462 e. The van der Waals surface area contributed by atoms with Crippen molar-refractivity contribution in [3.63, 3.8) is 0 Å². The molecule has 0 N–H and O–H groups in total. The summed E-state index contributed by atoms with van der Waals surface area (Å²) in [5, 5.41) is 0. The van der Waals surface area contributed by atoms with Crippen LogP contribution >= 0.6 is 24.0 Å². The van der Waals surface area contributed by atoms with Crippen LogP contribution in [0.25, 0.3) is 0 Å². The number of rotatable bonds is 5. The van der Waals surface area contributed by atoms with E-state index in [2.05, 4.69) is 11.9 Å². The van der Waals surface area contributed by atoms with Crippen LogP contribution in [0.3, 0.4) is 0 Å². The normalized spacial score (nSPS) is 9.38. The molecule has 0 saturated heterocycles. The summed E-state index contributed by atoms with van der Waals surface area (Å²) in [6.07, 6.45) is 4.81. The minimum atomic E-state index is -0.266. The molecule has 0 unspecified atom stereocenters. The molecule has 0 amide bonds. The molecule has 0 fully saturated rings. The fourth-order valence-corrected chi connectivity index (χ4v) is 1.31. The monoisotopic (exact) mass is 335 g/mol. The summed E-state index contributed by atoms with van der Waals surface area (Å²) in [7, 11) is 0. The quantitative estimate of drug-likeness (QED) is 0.613. The largest absolute Gasteiger partial charge is 0.462 e. The van der Waals surface area contributed by atoms with Crippen molar-refractivity contribution in [2.24, 2.45) is 0 Å². The predicted molar refractivity (Wildman–Crippen MR) is 74.2 cm³/mol. The maximum Gasteiger partial charge on any atom is 0.338 e. The molecule has 0 aliphatic heterocycles. The lowest BCUT2D eigenvalue weighted by molar-refractivity contribution is 0.0526. The molecule has 0 aromatic carbocycles. The number of aryl methyl sites for hydroxylation is 1. The van der Waals surface area contributed by atoms with E-state index in [0.29, 0.717) is 12.2 Å². The van der Waals surface area contributed by atoms with Gasteiger partial charge in [-0.3, -0.25) is 4.98 Å². The van der Waals surface area contributed by atoms with Gasteiger partial charge in [0.15, 0.2) is 0 Å². The molecule has 0 spiro atoms. The van der Waals surface area contributed by atoms with Crippen molar-refractivity contribution in [1.82, 2.24) is 4.98 Å². The molecule has 3 nitrogen and oxygen atoms in total. The lowest BCUT2D eigenvalue weighted by Gasteiger charge is -2.03. The van der Waals surface area contributed by atoms with Crippen molar-refractivity contribution < 1.29 is 9.53 Å². The molecule has 1 aromatic rings. The lowest BCUT2D eigenvalue weighted by atomic mass is 10.1. The van der Waals surface area contributed by atoms with Gasteiger partial charge in [-0.2, -0.15) is 0 Å². The third-order valence-corrected chi connectivity index (χ3v) is 2.11. The predicted octanol–water partition coefficient (Wildman–Crippen LogP) is 3.22. The van der Waals surface area contributed by atoms with Crippen LogP contribution in [0.2, 0.25) is 0 Å². The fourth-order valence-electron chi connectivity index (χ4n) is 1.31. The number of unbranched alkanes of at least 4 members (excludes halogenated alkanes) is 1. The first-order valence-electron chi connectivity index (χ1n) is 5.40. The first-order valence-corrected chi connectivity index (χ1v) is 5.40. The molecular formula is C12H18INO2. The first-order chi connectivity index (χ1) is 7.27. The second-order valence-electron chi connectivity index (χ2n) is 3.36. The summed E-state index contributed by atoms with van der Waals surface area (Å²) in [4.78, 5) is 15.6. The van der Waals surface area contributed by atoms with Crippen molar-refractivity contribution in [3.8, 4) is 0 Å². The van der Waals surface area contributed by atoms with Crippen LogP contribution in [0.5, 0.6) is 0 Å². The molecular weight excluding hydrogens is 317 g/mol. The molecule has 16 heavy (non-hydrogen) atoms. The van der Waals surface area contributed by atoms with Gasteiger partial charge in [-0.25, -0.2) is 4.79 Å². The maximum atomic E-state index is 11.4. The standard InChI is InChI=1S/C12H17NO2.HI/c1-3-5-6-11-9-10(7-8-13-11)12(14)15-4-2;/h7-9H,3-6H2,1-2H3;1H. The van der Waals surface area contributed by atoms with Gasteiger partial charge in [0.05, 0.1) is 12.2 Å². The Labute approximate surface area is 114 Å². The number of pyridine rings is 1. The Bertz CT molecular complexity index is 329. The van der Waals surface area contributed by atoms with E-state index in [4.69, 9.17) is 4.74 Å². The average molecular weight is 335 g/mol. The van der Waals surface area contributed by atoms with Crippen LogP contribution in [-0.2, 0) is 11.2 Å². The number of esters is 1. The van der Waals surface area contributed by atoms with Crippen molar-refractivity contribution in [2.45, 2.75) is 33.1 Å². The summed E-state index contributed by atoms with van der Waals surface area (Å²) in [5.41, 5.74) is 1.56. The summed E-state index contributed by atoms with van der Waals surface area (Å²) in [6, 6.07) is 3.50. The van der Waals surface area contributed by atoms with E-state index < -0.39 is 0 Å². The molecule has 4 heteroatoms. The van der Waals surface area contributed by atoms with Gasteiger partial charge < -0.3 is 4.74 Å². The third kappa shape index (κ3) is 4.92. The number of ether oxygens (including phenoxy) is 1. The van der Waals surface area contributed by atoms with Crippen LogP contribution in [0, 0.1) is 0 Å². The molecule has 1 rings (SSSR count). The molecule has 0 radical (unpaired) electrons. The summed E-state index contributed by atoms with van der Waals surface area (Å²) in [5.74, 6) is -0.266. The Morgan fingerprint density at radius 3 is 2.81 bits per heavy atom. The zero-order chi connectivity index (χ0) is 11.1. The van der Waals surface area contributed by atoms with Crippen LogP contribution in [0.1, 0.15) is 42.7 Å².